The van der Waals surface area contributed by atoms with Crippen LogP contribution in [0.15, 0.2) is 29.9 Å². The van der Waals surface area contributed by atoms with Crippen LogP contribution in [0.25, 0.3) is 0 Å². The van der Waals surface area contributed by atoms with Crippen molar-refractivity contribution < 1.29 is 13.2 Å². The third-order valence-electron chi connectivity index (χ3n) is 3.45. The minimum atomic E-state index is -3.62. The summed E-state index contributed by atoms with van der Waals surface area (Å²) in [5.74, 6) is 0. The summed E-state index contributed by atoms with van der Waals surface area (Å²) < 4.78 is 33.8. The van der Waals surface area contributed by atoms with Crippen molar-refractivity contribution in [3.8, 4) is 0 Å². The number of morpholine rings is 1. The Morgan fingerprint density at radius 1 is 1.27 bits per heavy atom. The average molecular weight is 323 g/mol. The van der Waals surface area contributed by atoms with E-state index >= 15 is 0 Å². The molecule has 2 aromatic heterocycles. The lowest BCUT2D eigenvalue weighted by molar-refractivity contribution is -0.00522. The van der Waals surface area contributed by atoms with E-state index in [1.54, 1.807) is 24.0 Å². The van der Waals surface area contributed by atoms with E-state index in [1.165, 1.54) is 16.8 Å². The van der Waals surface area contributed by atoms with E-state index in [9.17, 15) is 8.42 Å². The van der Waals surface area contributed by atoms with Crippen LogP contribution in [0.5, 0.6) is 0 Å². The van der Waals surface area contributed by atoms with E-state index < -0.39 is 16.1 Å². The summed E-state index contributed by atoms with van der Waals surface area (Å²) in [5.41, 5.74) is 1.43. The third kappa shape index (κ3) is 2.87. The molecule has 0 spiro atoms. The van der Waals surface area contributed by atoms with E-state index in [0.717, 1.165) is 5.69 Å². The molecule has 0 amide bonds. The van der Waals surface area contributed by atoms with Gasteiger partial charge in [0.2, 0.25) is 0 Å². The first kappa shape index (κ1) is 15.1. The van der Waals surface area contributed by atoms with E-state index in [2.05, 4.69) is 15.0 Å². The molecule has 118 valence electrons. The maximum Gasteiger partial charge on any atom is 0.262 e. The van der Waals surface area contributed by atoms with Crippen LogP contribution in [0.2, 0.25) is 0 Å². The fourth-order valence-corrected chi connectivity index (χ4v) is 3.64. The highest BCUT2D eigenvalue weighted by atomic mass is 32.2. The van der Waals surface area contributed by atoms with Crippen LogP contribution in [0.3, 0.4) is 0 Å². The van der Waals surface area contributed by atoms with Crippen molar-refractivity contribution in [3.63, 3.8) is 0 Å². The summed E-state index contributed by atoms with van der Waals surface area (Å²) in [6.45, 7) is 2.66. The van der Waals surface area contributed by atoms with E-state index in [0.29, 0.717) is 18.8 Å². The van der Waals surface area contributed by atoms with Crippen LogP contribution in [0, 0.1) is 6.92 Å². The van der Waals surface area contributed by atoms with Gasteiger partial charge in [-0.3, -0.25) is 9.97 Å². The van der Waals surface area contributed by atoms with Gasteiger partial charge in [0.25, 0.3) is 10.0 Å². The average Bonchev–Trinajstić information content (AvgIpc) is 2.95. The zero-order valence-corrected chi connectivity index (χ0v) is 13.2. The summed E-state index contributed by atoms with van der Waals surface area (Å²) in [4.78, 5) is 12.4. The number of aromatic nitrogens is 4. The Labute approximate surface area is 128 Å². The number of rotatable bonds is 3. The van der Waals surface area contributed by atoms with Crippen LogP contribution >= 0.6 is 0 Å². The molecule has 0 saturated carbocycles. The van der Waals surface area contributed by atoms with E-state index in [-0.39, 0.29) is 11.6 Å². The molecule has 1 fully saturated rings. The number of hydrogen-bond acceptors (Lipinski definition) is 6. The summed E-state index contributed by atoms with van der Waals surface area (Å²) in [5, 5.41) is 0.0469. The van der Waals surface area contributed by atoms with Crippen LogP contribution in [0.4, 0.5) is 0 Å². The monoisotopic (exact) mass is 323 g/mol. The molecule has 8 nitrogen and oxygen atoms in total. The van der Waals surface area contributed by atoms with Gasteiger partial charge in [-0.15, -0.1) is 0 Å². The maximum absolute atomic E-state index is 12.6. The Morgan fingerprint density at radius 3 is 2.73 bits per heavy atom. The van der Waals surface area contributed by atoms with Crippen molar-refractivity contribution in [1.82, 2.24) is 23.8 Å². The fourth-order valence-electron chi connectivity index (χ4n) is 2.25. The van der Waals surface area contributed by atoms with Gasteiger partial charge < -0.3 is 9.30 Å². The summed E-state index contributed by atoms with van der Waals surface area (Å²) in [6, 6.07) is 0. The smallest absolute Gasteiger partial charge is 0.262 e. The highest BCUT2D eigenvalue weighted by Crippen LogP contribution is 2.24. The second kappa shape index (κ2) is 5.75. The third-order valence-corrected chi connectivity index (χ3v) is 5.20. The van der Waals surface area contributed by atoms with Gasteiger partial charge in [-0.05, 0) is 6.92 Å². The standard InChI is InChI=1S/C13H17N5O3S/c1-10-5-15-11(6-14-10)12-7-18(3-4-21-12)22(19,20)13-8-17(2)9-16-13/h5-6,8-9,12H,3-4,7H2,1-2H3. The van der Waals surface area contributed by atoms with Gasteiger partial charge in [-0.25, -0.2) is 13.4 Å². The molecule has 0 radical (unpaired) electrons. The first-order chi connectivity index (χ1) is 10.5. The predicted molar refractivity (Wildman–Crippen MR) is 77.4 cm³/mol. The number of imidazole rings is 1. The molecule has 1 atom stereocenters. The Balaban J connectivity index is 1.82. The van der Waals surface area contributed by atoms with E-state index in [4.69, 9.17) is 4.74 Å². The van der Waals surface area contributed by atoms with Crippen LogP contribution < -0.4 is 0 Å². The van der Waals surface area contributed by atoms with Crippen molar-refractivity contribution in [2.24, 2.45) is 7.05 Å². The summed E-state index contributed by atoms with van der Waals surface area (Å²) in [7, 11) is -1.88. The van der Waals surface area contributed by atoms with Crippen molar-refractivity contribution in [2.75, 3.05) is 19.7 Å². The number of nitrogens with zero attached hydrogens (tertiary/aromatic N) is 5. The molecule has 1 aliphatic heterocycles. The molecule has 1 aliphatic rings. The van der Waals surface area contributed by atoms with Crippen molar-refractivity contribution in [2.45, 2.75) is 18.1 Å². The first-order valence-corrected chi connectivity index (χ1v) is 8.29. The van der Waals surface area contributed by atoms with Gasteiger partial charge in [-0.1, -0.05) is 0 Å². The lowest BCUT2D eigenvalue weighted by Crippen LogP contribution is -2.42. The minimum absolute atomic E-state index is 0.0469. The van der Waals surface area contributed by atoms with Crippen LogP contribution in [-0.4, -0.2) is 51.9 Å². The largest absolute Gasteiger partial charge is 0.369 e. The molecule has 3 heterocycles. The zero-order valence-electron chi connectivity index (χ0n) is 12.4. The second-order valence-corrected chi connectivity index (χ2v) is 7.07. The Kier molecular flexibility index (Phi) is 3.94. The highest BCUT2D eigenvalue weighted by molar-refractivity contribution is 7.89. The molecular formula is C13H17N5O3S. The fraction of sp³-hybridized carbons (Fsp3) is 0.462. The number of aryl methyl sites for hydroxylation is 2. The molecule has 0 aromatic carbocycles. The number of sulfonamides is 1. The maximum atomic E-state index is 12.6. The molecule has 2 aromatic rings. The Bertz CT molecular complexity index is 756. The molecule has 22 heavy (non-hydrogen) atoms. The quantitative estimate of drug-likeness (QED) is 0.806. The van der Waals surface area contributed by atoms with Gasteiger partial charge in [0.05, 0.1) is 30.5 Å². The molecule has 0 aliphatic carbocycles. The predicted octanol–water partition coefficient (Wildman–Crippen LogP) is 0.281. The lowest BCUT2D eigenvalue weighted by Gasteiger charge is -2.31. The number of hydrogen-bond donors (Lipinski definition) is 0. The molecule has 1 unspecified atom stereocenters. The van der Waals surface area contributed by atoms with Gasteiger partial charge in [0, 0.05) is 32.5 Å². The minimum Gasteiger partial charge on any atom is -0.369 e. The Morgan fingerprint density at radius 2 is 2.09 bits per heavy atom. The summed E-state index contributed by atoms with van der Waals surface area (Å²) >= 11 is 0. The zero-order chi connectivity index (χ0) is 15.7. The lowest BCUT2D eigenvalue weighted by atomic mass is 10.2. The Hall–Kier alpha value is -1.84. The molecule has 0 N–H and O–H groups in total. The normalized spacial score (nSPS) is 20.2. The van der Waals surface area contributed by atoms with E-state index in [1.807, 2.05) is 6.92 Å². The second-order valence-electron chi connectivity index (χ2n) is 5.18. The van der Waals surface area contributed by atoms with Crippen LogP contribution in [-0.2, 0) is 21.8 Å². The molecule has 3 rings (SSSR count). The molecule has 1 saturated heterocycles. The highest BCUT2D eigenvalue weighted by Gasteiger charge is 2.33. The molecular weight excluding hydrogens is 306 g/mol. The molecule has 9 heteroatoms. The number of ether oxygens (including phenoxy) is 1. The van der Waals surface area contributed by atoms with Gasteiger partial charge >= 0.3 is 0 Å². The summed E-state index contributed by atoms with van der Waals surface area (Å²) in [6.07, 6.45) is 5.81. The van der Waals surface area contributed by atoms with Crippen molar-refractivity contribution >= 4 is 10.0 Å². The van der Waals surface area contributed by atoms with Crippen LogP contribution in [0.1, 0.15) is 17.5 Å². The topological polar surface area (TPSA) is 90.2 Å². The SMILES string of the molecule is Cc1cnc(C2CN(S(=O)(=O)c3cn(C)cn3)CCO2)cn1. The van der Waals surface area contributed by atoms with Gasteiger partial charge in [0.1, 0.15) is 6.10 Å². The molecule has 0 bridgehead atoms. The van der Waals surface area contributed by atoms with Crippen molar-refractivity contribution in [1.29, 1.82) is 0 Å². The van der Waals surface area contributed by atoms with Gasteiger partial charge in [0.15, 0.2) is 5.03 Å². The first-order valence-electron chi connectivity index (χ1n) is 6.85. The van der Waals surface area contributed by atoms with Gasteiger partial charge in [-0.2, -0.15) is 4.31 Å². The van der Waals surface area contributed by atoms with Crippen molar-refractivity contribution in [3.05, 3.63) is 36.3 Å².